The smallest absolute Gasteiger partial charge is 0.0348 e. The average molecular weight is 216 g/mol. The van der Waals surface area contributed by atoms with Crippen molar-refractivity contribution in [3.8, 4) is 0 Å². The molecular weight excluding hydrogens is 200 g/mol. The van der Waals surface area contributed by atoms with Gasteiger partial charge in [-0.1, -0.05) is 45.9 Å². The highest BCUT2D eigenvalue weighted by Crippen LogP contribution is 2.61. The van der Waals surface area contributed by atoms with Gasteiger partial charge < -0.3 is 0 Å². The molecular formula is C14H16S. The van der Waals surface area contributed by atoms with Crippen molar-refractivity contribution in [1.82, 2.24) is 0 Å². The number of hydrogen-bond acceptors (Lipinski definition) is 1. The zero-order valence-corrected chi connectivity index (χ0v) is 10.5. The second kappa shape index (κ2) is 2.46. The second-order valence-corrected chi connectivity index (χ2v) is 6.60. The molecule has 0 amide bonds. The van der Waals surface area contributed by atoms with Crippen LogP contribution in [-0.4, -0.2) is 0 Å². The normalized spacial score (nSPS) is 21.1. The molecule has 0 N–H and O–H groups in total. The van der Waals surface area contributed by atoms with Crippen molar-refractivity contribution >= 4 is 21.4 Å². The van der Waals surface area contributed by atoms with Crippen molar-refractivity contribution < 1.29 is 0 Å². The predicted octanol–water partition coefficient (Wildman–Crippen LogP) is 4.47. The molecule has 1 heterocycles. The lowest BCUT2D eigenvalue weighted by Gasteiger charge is -2.52. The monoisotopic (exact) mass is 216 g/mol. The first kappa shape index (κ1) is 9.41. The second-order valence-electron chi connectivity index (χ2n) is 5.55. The topological polar surface area (TPSA) is 0 Å². The van der Waals surface area contributed by atoms with Crippen LogP contribution >= 0.6 is 11.3 Å². The molecule has 0 unspecified atom stereocenters. The van der Waals surface area contributed by atoms with Gasteiger partial charge in [0.05, 0.1) is 0 Å². The molecule has 3 rings (SSSR count). The fraction of sp³-hybridized carbons (Fsp3) is 0.429. The highest BCUT2D eigenvalue weighted by Gasteiger charge is 2.53. The molecule has 0 nitrogen and oxygen atoms in total. The molecule has 0 fully saturated rings. The van der Waals surface area contributed by atoms with Gasteiger partial charge in [0.25, 0.3) is 0 Å². The Bertz CT molecular complexity index is 543. The van der Waals surface area contributed by atoms with E-state index in [0.29, 0.717) is 10.8 Å². The minimum Gasteiger partial charge on any atom is -0.139 e. The van der Waals surface area contributed by atoms with Crippen LogP contribution in [0, 0.1) is 0 Å². The van der Waals surface area contributed by atoms with Crippen LogP contribution < -0.4 is 0 Å². The Balaban J connectivity index is 2.42. The van der Waals surface area contributed by atoms with Gasteiger partial charge in [0.2, 0.25) is 0 Å². The molecule has 15 heavy (non-hydrogen) atoms. The Labute approximate surface area is 94.9 Å². The minimum atomic E-state index is 0.321. The number of benzene rings is 1. The lowest BCUT2D eigenvalue weighted by Crippen LogP contribution is -2.49. The summed E-state index contributed by atoms with van der Waals surface area (Å²) in [6.07, 6.45) is 0. The van der Waals surface area contributed by atoms with Crippen molar-refractivity contribution in [1.29, 1.82) is 0 Å². The molecule has 0 radical (unpaired) electrons. The largest absolute Gasteiger partial charge is 0.139 e. The van der Waals surface area contributed by atoms with Gasteiger partial charge >= 0.3 is 0 Å². The maximum atomic E-state index is 2.37. The maximum absolute atomic E-state index is 2.37. The van der Waals surface area contributed by atoms with Crippen LogP contribution in [0.5, 0.6) is 0 Å². The summed E-state index contributed by atoms with van der Waals surface area (Å²) in [6.45, 7) is 9.47. The lowest BCUT2D eigenvalue weighted by molar-refractivity contribution is 0.254. The van der Waals surface area contributed by atoms with E-state index in [1.807, 2.05) is 11.3 Å². The third-order valence-corrected chi connectivity index (χ3v) is 5.85. The van der Waals surface area contributed by atoms with Gasteiger partial charge in [-0.05, 0) is 17.0 Å². The average Bonchev–Trinajstić information content (AvgIpc) is 2.55. The van der Waals surface area contributed by atoms with Crippen LogP contribution in [-0.2, 0) is 10.8 Å². The zero-order valence-electron chi connectivity index (χ0n) is 9.72. The van der Waals surface area contributed by atoms with E-state index in [-0.39, 0.29) is 0 Å². The fourth-order valence-corrected chi connectivity index (χ4v) is 4.26. The molecule has 0 aliphatic heterocycles. The van der Waals surface area contributed by atoms with E-state index in [1.165, 1.54) is 10.1 Å². The van der Waals surface area contributed by atoms with Crippen molar-refractivity contribution in [3.05, 3.63) is 34.7 Å². The molecule has 1 aliphatic carbocycles. The Kier molecular flexibility index (Phi) is 1.54. The van der Waals surface area contributed by atoms with E-state index < -0.39 is 0 Å². The van der Waals surface area contributed by atoms with Crippen LogP contribution in [0.4, 0.5) is 0 Å². The van der Waals surface area contributed by atoms with Crippen LogP contribution in [0.2, 0.25) is 0 Å². The predicted molar refractivity (Wildman–Crippen MR) is 67.9 cm³/mol. The molecule has 78 valence electrons. The van der Waals surface area contributed by atoms with Crippen molar-refractivity contribution in [2.45, 2.75) is 38.5 Å². The number of rotatable bonds is 0. The lowest BCUT2D eigenvalue weighted by atomic mass is 9.53. The SMILES string of the molecule is CC1(C)c2sc3ccccc3c2C1(C)C. The van der Waals surface area contributed by atoms with Crippen molar-refractivity contribution in [3.63, 3.8) is 0 Å². The van der Waals surface area contributed by atoms with E-state index in [0.717, 1.165) is 0 Å². The Morgan fingerprint density at radius 1 is 0.933 bits per heavy atom. The first-order chi connectivity index (χ1) is 6.96. The fourth-order valence-electron chi connectivity index (χ4n) is 2.64. The molecule has 0 saturated heterocycles. The number of thiophene rings is 1. The van der Waals surface area contributed by atoms with Gasteiger partial charge in [0.1, 0.15) is 0 Å². The number of fused-ring (bicyclic) bond motifs is 3. The molecule has 0 bridgehead atoms. The molecule has 0 atom stereocenters. The first-order valence-electron chi connectivity index (χ1n) is 5.49. The quantitative estimate of drug-likeness (QED) is 0.609. The molecule has 0 spiro atoms. The van der Waals surface area contributed by atoms with Gasteiger partial charge in [-0.25, -0.2) is 0 Å². The summed E-state index contributed by atoms with van der Waals surface area (Å²) in [6, 6.07) is 8.79. The van der Waals surface area contributed by atoms with Gasteiger partial charge in [-0.2, -0.15) is 0 Å². The summed E-state index contributed by atoms with van der Waals surface area (Å²) in [4.78, 5) is 1.59. The Morgan fingerprint density at radius 2 is 1.60 bits per heavy atom. The van der Waals surface area contributed by atoms with Crippen LogP contribution in [0.3, 0.4) is 0 Å². The van der Waals surface area contributed by atoms with Gasteiger partial charge in [-0.15, -0.1) is 11.3 Å². The summed E-state index contributed by atoms with van der Waals surface area (Å²) < 4.78 is 1.45. The summed E-state index contributed by atoms with van der Waals surface area (Å²) >= 11 is 1.97. The van der Waals surface area contributed by atoms with E-state index in [9.17, 15) is 0 Å². The van der Waals surface area contributed by atoms with E-state index in [1.54, 1.807) is 10.4 Å². The van der Waals surface area contributed by atoms with Gasteiger partial charge in [-0.3, -0.25) is 0 Å². The molecule has 2 aromatic rings. The Morgan fingerprint density at radius 3 is 2.33 bits per heavy atom. The van der Waals surface area contributed by atoms with E-state index in [2.05, 4.69) is 52.0 Å². The standard InChI is InChI=1S/C14H16S/c1-13(2)11-9-7-5-6-8-10(9)15-12(11)14(13,3)4/h5-8H,1-4H3. The van der Waals surface area contributed by atoms with E-state index in [4.69, 9.17) is 0 Å². The Hall–Kier alpha value is -0.820. The summed E-state index contributed by atoms with van der Waals surface area (Å²) in [5.74, 6) is 0. The molecule has 0 saturated carbocycles. The molecule has 1 heteroatoms. The summed E-state index contributed by atoms with van der Waals surface area (Å²) in [5, 5.41) is 1.47. The van der Waals surface area contributed by atoms with Crippen LogP contribution in [0.15, 0.2) is 24.3 Å². The number of hydrogen-bond donors (Lipinski definition) is 0. The van der Waals surface area contributed by atoms with Gasteiger partial charge in [0, 0.05) is 20.4 Å². The van der Waals surface area contributed by atoms with Crippen molar-refractivity contribution in [2.24, 2.45) is 0 Å². The molecule has 1 aliphatic rings. The third kappa shape index (κ3) is 0.884. The summed E-state index contributed by atoms with van der Waals surface area (Å²) in [5.41, 5.74) is 2.25. The third-order valence-electron chi connectivity index (χ3n) is 4.35. The summed E-state index contributed by atoms with van der Waals surface area (Å²) in [7, 11) is 0. The van der Waals surface area contributed by atoms with Crippen LogP contribution in [0.25, 0.3) is 10.1 Å². The molecule has 1 aromatic heterocycles. The zero-order chi connectivity index (χ0) is 10.8. The minimum absolute atomic E-state index is 0.321. The van der Waals surface area contributed by atoms with Crippen molar-refractivity contribution in [2.75, 3.05) is 0 Å². The van der Waals surface area contributed by atoms with E-state index >= 15 is 0 Å². The molecule has 1 aromatic carbocycles. The maximum Gasteiger partial charge on any atom is 0.0348 e. The highest BCUT2D eigenvalue weighted by molar-refractivity contribution is 7.19. The first-order valence-corrected chi connectivity index (χ1v) is 6.30. The highest BCUT2D eigenvalue weighted by atomic mass is 32.1. The van der Waals surface area contributed by atoms with Gasteiger partial charge in [0.15, 0.2) is 0 Å². The van der Waals surface area contributed by atoms with Crippen LogP contribution in [0.1, 0.15) is 38.1 Å².